The number of halogens is 2. The maximum Gasteiger partial charge on any atom is 0.156 e. The Balaban J connectivity index is 3.13. The third kappa shape index (κ3) is 1.04. The lowest BCUT2D eigenvalue weighted by atomic mass is 10.5. The number of pyridine rings is 1. The Hall–Kier alpha value is -0.440. The average molecular weight is 175 g/mol. The molecule has 41 valence electrons. The SMILES string of the molecule is Fc1cc[c]nc1Br. The van der Waals surface area contributed by atoms with Crippen LogP contribution in [0.5, 0.6) is 0 Å². The van der Waals surface area contributed by atoms with Crippen LogP contribution in [0.15, 0.2) is 16.7 Å². The summed E-state index contributed by atoms with van der Waals surface area (Å²) in [5.74, 6) is -0.358. The van der Waals surface area contributed by atoms with Crippen LogP contribution in [0.2, 0.25) is 0 Å². The number of rotatable bonds is 0. The number of hydrogen-bond acceptors (Lipinski definition) is 1. The minimum atomic E-state index is -0.358. The molecule has 0 bridgehead atoms. The molecule has 8 heavy (non-hydrogen) atoms. The van der Waals surface area contributed by atoms with E-state index < -0.39 is 0 Å². The predicted molar refractivity (Wildman–Crippen MR) is 30.7 cm³/mol. The molecule has 0 aliphatic rings. The van der Waals surface area contributed by atoms with Gasteiger partial charge in [0.2, 0.25) is 0 Å². The molecule has 0 aliphatic carbocycles. The highest BCUT2D eigenvalue weighted by atomic mass is 79.9. The van der Waals surface area contributed by atoms with Gasteiger partial charge in [-0.3, -0.25) is 0 Å². The Kier molecular flexibility index (Phi) is 1.58. The van der Waals surface area contributed by atoms with E-state index in [4.69, 9.17) is 0 Å². The van der Waals surface area contributed by atoms with Gasteiger partial charge in [-0.2, -0.15) is 0 Å². The largest absolute Gasteiger partial charge is 0.236 e. The van der Waals surface area contributed by atoms with Crippen LogP contribution in [-0.4, -0.2) is 4.98 Å². The molecule has 0 amide bonds. The summed E-state index contributed by atoms with van der Waals surface area (Å²) < 4.78 is 12.4. The second-order valence-corrected chi connectivity index (χ2v) is 1.96. The summed E-state index contributed by atoms with van der Waals surface area (Å²) in [5.41, 5.74) is 0. The van der Waals surface area contributed by atoms with E-state index in [2.05, 4.69) is 27.1 Å². The molecule has 0 fully saturated rings. The maximum absolute atomic E-state index is 12.2. The molecule has 0 aliphatic heterocycles. The van der Waals surface area contributed by atoms with Gasteiger partial charge in [-0.05, 0) is 28.1 Å². The van der Waals surface area contributed by atoms with Crippen molar-refractivity contribution in [3.8, 4) is 0 Å². The van der Waals surface area contributed by atoms with Gasteiger partial charge in [-0.25, -0.2) is 9.37 Å². The lowest BCUT2D eigenvalue weighted by Crippen LogP contribution is -1.78. The van der Waals surface area contributed by atoms with Crippen LogP contribution in [0.1, 0.15) is 0 Å². The molecule has 1 aromatic heterocycles. The molecular formula is C5H2BrFN. The topological polar surface area (TPSA) is 12.9 Å². The maximum atomic E-state index is 12.2. The number of aromatic nitrogens is 1. The lowest BCUT2D eigenvalue weighted by Gasteiger charge is -1.85. The first-order valence-electron chi connectivity index (χ1n) is 1.99. The molecule has 0 saturated heterocycles. The van der Waals surface area contributed by atoms with E-state index in [1.165, 1.54) is 12.1 Å². The van der Waals surface area contributed by atoms with Crippen molar-refractivity contribution in [1.29, 1.82) is 0 Å². The van der Waals surface area contributed by atoms with Gasteiger partial charge in [0.15, 0.2) is 5.82 Å². The molecule has 1 aromatic rings. The van der Waals surface area contributed by atoms with Crippen LogP contribution in [0.25, 0.3) is 0 Å². The van der Waals surface area contributed by atoms with Gasteiger partial charge in [0.05, 0.1) is 6.20 Å². The van der Waals surface area contributed by atoms with Crippen LogP contribution < -0.4 is 0 Å². The second kappa shape index (κ2) is 2.22. The van der Waals surface area contributed by atoms with Crippen molar-refractivity contribution in [2.75, 3.05) is 0 Å². The standard InChI is InChI=1S/C5H2BrFN/c6-5-4(7)2-1-3-8-5/h1-2H. The van der Waals surface area contributed by atoms with Crippen molar-refractivity contribution in [2.45, 2.75) is 0 Å². The minimum absolute atomic E-state index is 0.208. The van der Waals surface area contributed by atoms with Gasteiger partial charge < -0.3 is 0 Å². The molecule has 1 nitrogen and oxygen atoms in total. The van der Waals surface area contributed by atoms with Gasteiger partial charge in [0.1, 0.15) is 4.60 Å². The summed E-state index contributed by atoms with van der Waals surface area (Å²) in [6.07, 6.45) is 2.46. The molecule has 1 radical (unpaired) electrons. The predicted octanol–water partition coefficient (Wildman–Crippen LogP) is 1.78. The van der Waals surface area contributed by atoms with Gasteiger partial charge in [0.25, 0.3) is 0 Å². The monoisotopic (exact) mass is 174 g/mol. The van der Waals surface area contributed by atoms with Gasteiger partial charge in [-0.15, -0.1) is 0 Å². The van der Waals surface area contributed by atoms with E-state index in [0.29, 0.717) is 0 Å². The third-order valence-corrected chi connectivity index (χ3v) is 1.22. The highest BCUT2D eigenvalue weighted by Crippen LogP contribution is 2.08. The molecule has 3 heteroatoms. The van der Waals surface area contributed by atoms with E-state index >= 15 is 0 Å². The number of hydrogen-bond donors (Lipinski definition) is 0. The highest BCUT2D eigenvalue weighted by molar-refractivity contribution is 9.10. The summed E-state index contributed by atoms with van der Waals surface area (Å²) in [7, 11) is 0. The Bertz CT molecular complexity index is 169. The average Bonchev–Trinajstić information content (AvgIpc) is 1.77. The Morgan fingerprint density at radius 2 is 2.50 bits per heavy atom. The first-order valence-corrected chi connectivity index (χ1v) is 2.78. The smallest absolute Gasteiger partial charge is 0.156 e. The highest BCUT2D eigenvalue weighted by Gasteiger charge is 1.93. The van der Waals surface area contributed by atoms with Gasteiger partial charge in [0, 0.05) is 0 Å². The van der Waals surface area contributed by atoms with Crippen molar-refractivity contribution in [1.82, 2.24) is 4.98 Å². The van der Waals surface area contributed by atoms with Crippen LogP contribution in [0.3, 0.4) is 0 Å². The molecule has 0 N–H and O–H groups in total. The normalized spacial score (nSPS) is 9.25. The minimum Gasteiger partial charge on any atom is -0.236 e. The van der Waals surface area contributed by atoms with E-state index in [1.54, 1.807) is 0 Å². The van der Waals surface area contributed by atoms with Gasteiger partial charge >= 0.3 is 0 Å². The lowest BCUT2D eigenvalue weighted by molar-refractivity contribution is 0.612. The van der Waals surface area contributed by atoms with Crippen LogP contribution in [0.4, 0.5) is 4.39 Å². The zero-order chi connectivity index (χ0) is 5.98. The fourth-order valence-electron chi connectivity index (χ4n) is 0.327. The van der Waals surface area contributed by atoms with E-state index in [9.17, 15) is 4.39 Å². The molecule has 0 saturated carbocycles. The van der Waals surface area contributed by atoms with Crippen LogP contribution >= 0.6 is 15.9 Å². The summed E-state index contributed by atoms with van der Waals surface area (Å²) in [6.45, 7) is 0. The Morgan fingerprint density at radius 3 is 2.88 bits per heavy atom. The molecule has 1 rings (SSSR count). The summed E-state index contributed by atoms with van der Waals surface area (Å²) in [6, 6.07) is 2.71. The number of nitrogens with zero attached hydrogens (tertiary/aromatic N) is 1. The van der Waals surface area contributed by atoms with Crippen molar-refractivity contribution < 1.29 is 4.39 Å². The zero-order valence-electron chi connectivity index (χ0n) is 3.86. The van der Waals surface area contributed by atoms with E-state index in [1.807, 2.05) is 0 Å². The summed E-state index contributed by atoms with van der Waals surface area (Å²) >= 11 is 2.88. The fourth-order valence-corrected chi connectivity index (χ4v) is 0.561. The van der Waals surface area contributed by atoms with Crippen molar-refractivity contribution in [3.63, 3.8) is 0 Å². The molecular weight excluding hydrogens is 173 g/mol. The van der Waals surface area contributed by atoms with E-state index in [-0.39, 0.29) is 10.4 Å². The second-order valence-electron chi connectivity index (χ2n) is 1.21. The Labute approximate surface area is 54.7 Å². The van der Waals surface area contributed by atoms with Crippen LogP contribution in [-0.2, 0) is 0 Å². The summed E-state index contributed by atoms with van der Waals surface area (Å²) in [5, 5.41) is 0. The molecule has 0 unspecified atom stereocenters. The van der Waals surface area contributed by atoms with Crippen LogP contribution in [0, 0.1) is 12.0 Å². The quantitative estimate of drug-likeness (QED) is 0.547. The molecule has 0 aromatic carbocycles. The molecule has 1 heterocycles. The fraction of sp³-hybridized carbons (Fsp3) is 0. The molecule has 0 spiro atoms. The first kappa shape index (κ1) is 5.69. The summed E-state index contributed by atoms with van der Waals surface area (Å²) in [4.78, 5) is 3.50. The zero-order valence-corrected chi connectivity index (χ0v) is 5.44. The first-order chi connectivity index (χ1) is 3.80. The van der Waals surface area contributed by atoms with Crippen molar-refractivity contribution >= 4 is 15.9 Å². The van der Waals surface area contributed by atoms with Crippen molar-refractivity contribution in [2.24, 2.45) is 0 Å². The third-order valence-electron chi connectivity index (χ3n) is 0.664. The van der Waals surface area contributed by atoms with E-state index in [0.717, 1.165) is 0 Å². The van der Waals surface area contributed by atoms with Crippen molar-refractivity contribution in [3.05, 3.63) is 28.7 Å². The Morgan fingerprint density at radius 1 is 1.75 bits per heavy atom. The van der Waals surface area contributed by atoms with Gasteiger partial charge in [-0.1, -0.05) is 0 Å². The molecule has 0 atom stereocenters.